The van der Waals surface area contributed by atoms with Crippen molar-refractivity contribution in [1.29, 1.82) is 0 Å². The smallest absolute Gasteiger partial charge is 0.312 e. The number of allylic oxidation sites excluding steroid dienone is 1. The Morgan fingerprint density at radius 2 is 1.83 bits per heavy atom. The van der Waals surface area contributed by atoms with Crippen LogP contribution in [-0.4, -0.2) is 82.3 Å². The zero-order valence-corrected chi connectivity index (χ0v) is 25.4. The molecule has 3 saturated heterocycles. The number of amides is 2. The van der Waals surface area contributed by atoms with Crippen LogP contribution >= 0.6 is 0 Å². The molecule has 0 aromatic rings. The first-order valence-corrected chi connectivity index (χ1v) is 16.1. The van der Waals surface area contributed by atoms with E-state index < -0.39 is 29.1 Å². The summed E-state index contributed by atoms with van der Waals surface area (Å²) in [4.78, 5) is 46.4. The van der Waals surface area contributed by atoms with Gasteiger partial charge in [-0.3, -0.25) is 14.4 Å². The number of hydrogen-bond acceptors (Lipinski definition) is 6. The number of unbranched alkanes of at least 4 members (excludes halogenated alkanes) is 5. The zero-order chi connectivity index (χ0) is 29.6. The van der Waals surface area contributed by atoms with Gasteiger partial charge in [0.25, 0.3) is 0 Å². The lowest BCUT2D eigenvalue weighted by Gasteiger charge is -2.41. The van der Waals surface area contributed by atoms with Gasteiger partial charge < -0.3 is 24.4 Å². The van der Waals surface area contributed by atoms with Crippen LogP contribution in [0.3, 0.4) is 0 Å². The molecule has 0 aromatic heterocycles. The molecule has 1 N–H and O–H groups in total. The summed E-state index contributed by atoms with van der Waals surface area (Å²) in [6.07, 6.45) is 15.1. The number of hydrogen-bond donors (Lipinski definition) is 1. The highest BCUT2D eigenvalue weighted by atomic mass is 16.6. The fourth-order valence-corrected chi connectivity index (χ4v) is 8.13. The van der Waals surface area contributed by atoms with Gasteiger partial charge in [-0.2, -0.15) is 0 Å². The monoisotopic (exact) mass is 572 g/mol. The van der Waals surface area contributed by atoms with Crippen molar-refractivity contribution in [2.24, 2.45) is 17.8 Å². The number of likely N-dealkylation sites (tertiary alicyclic amines) is 1. The highest BCUT2D eigenvalue weighted by Gasteiger charge is 2.80. The van der Waals surface area contributed by atoms with Crippen LogP contribution in [0.4, 0.5) is 0 Å². The normalized spacial score (nSPS) is 32.7. The van der Waals surface area contributed by atoms with E-state index in [1.807, 2.05) is 17.9 Å². The molecule has 4 aliphatic rings. The molecule has 0 aromatic carbocycles. The summed E-state index contributed by atoms with van der Waals surface area (Å²) in [6.45, 7) is 13.0. The lowest BCUT2D eigenvalue weighted by atomic mass is 9.62. The van der Waals surface area contributed by atoms with Gasteiger partial charge in [-0.15, -0.1) is 13.2 Å². The number of esters is 1. The van der Waals surface area contributed by atoms with Gasteiger partial charge in [0.1, 0.15) is 17.6 Å². The Kier molecular flexibility index (Phi) is 10.7. The third kappa shape index (κ3) is 6.01. The van der Waals surface area contributed by atoms with E-state index in [1.165, 1.54) is 6.42 Å². The first-order chi connectivity index (χ1) is 19.8. The molecule has 0 radical (unpaired) electrons. The van der Waals surface area contributed by atoms with E-state index in [9.17, 15) is 19.5 Å². The first kappa shape index (κ1) is 31.7. The third-order valence-corrected chi connectivity index (χ3v) is 10.3. The Hall–Kier alpha value is -2.19. The number of nitrogens with zero attached hydrogens (tertiary/aromatic N) is 2. The van der Waals surface area contributed by atoms with E-state index in [2.05, 4.69) is 20.1 Å². The summed E-state index contributed by atoms with van der Waals surface area (Å²) < 4.78 is 12.6. The Balaban J connectivity index is 1.65. The maximum atomic E-state index is 14.7. The molecule has 41 heavy (non-hydrogen) atoms. The van der Waals surface area contributed by atoms with Crippen LogP contribution in [0.5, 0.6) is 0 Å². The van der Waals surface area contributed by atoms with Crippen LogP contribution in [0.15, 0.2) is 25.3 Å². The van der Waals surface area contributed by atoms with Gasteiger partial charge in [0.05, 0.1) is 18.1 Å². The minimum Gasteiger partial charge on any atom is -0.465 e. The fourth-order valence-electron chi connectivity index (χ4n) is 8.13. The van der Waals surface area contributed by atoms with Gasteiger partial charge in [-0.1, -0.05) is 51.2 Å². The molecule has 3 unspecified atom stereocenters. The van der Waals surface area contributed by atoms with E-state index in [4.69, 9.17) is 9.47 Å². The van der Waals surface area contributed by atoms with E-state index in [-0.39, 0.29) is 36.4 Å². The van der Waals surface area contributed by atoms with Crippen LogP contribution < -0.4 is 0 Å². The van der Waals surface area contributed by atoms with Gasteiger partial charge in [-0.25, -0.2) is 0 Å². The molecular formula is C33H52N2O6. The predicted molar refractivity (Wildman–Crippen MR) is 158 cm³/mol. The summed E-state index contributed by atoms with van der Waals surface area (Å²) in [5.74, 6) is -2.09. The summed E-state index contributed by atoms with van der Waals surface area (Å²) in [6, 6.07) is -0.650. The standard InChI is InChI=1S/C33H52N2O6/c1-5-7-8-16-22-40-31(39)27-26-29(37)35(20-14-9-10-15-21-36)28(33(26)23-24(3)32(27,4)41-33)30(38)34(19-6-2)25-17-12-11-13-18-25/h5-6,24-28,36H,1-2,7-23H2,3-4H3/t24?,26-,27-,28?,32+,33?/m0/s1. The van der Waals surface area contributed by atoms with Crippen LogP contribution in [-0.2, 0) is 23.9 Å². The first-order valence-electron chi connectivity index (χ1n) is 16.1. The Morgan fingerprint density at radius 3 is 2.51 bits per heavy atom. The second kappa shape index (κ2) is 13.9. The van der Waals surface area contributed by atoms with Crippen molar-refractivity contribution >= 4 is 17.8 Å². The van der Waals surface area contributed by atoms with Crippen molar-refractivity contribution in [2.75, 3.05) is 26.3 Å². The van der Waals surface area contributed by atoms with E-state index in [1.54, 1.807) is 11.0 Å². The van der Waals surface area contributed by atoms with Gasteiger partial charge >= 0.3 is 5.97 Å². The Bertz CT molecular complexity index is 963. The van der Waals surface area contributed by atoms with Crippen LogP contribution in [0.1, 0.15) is 97.3 Å². The van der Waals surface area contributed by atoms with Crippen molar-refractivity contribution < 1.29 is 29.0 Å². The molecule has 1 saturated carbocycles. The molecule has 230 valence electrons. The number of carbonyl (C=O) groups excluding carboxylic acids is 3. The summed E-state index contributed by atoms with van der Waals surface area (Å²) in [5.41, 5.74) is -1.91. The quantitative estimate of drug-likeness (QED) is 0.162. The van der Waals surface area contributed by atoms with Gasteiger partial charge in [0.2, 0.25) is 11.8 Å². The molecule has 2 bridgehead atoms. The van der Waals surface area contributed by atoms with Gasteiger partial charge in [0, 0.05) is 25.7 Å². The van der Waals surface area contributed by atoms with E-state index in [0.29, 0.717) is 26.1 Å². The number of ether oxygens (including phenoxy) is 2. The highest BCUT2D eigenvalue weighted by molar-refractivity contribution is 5.98. The van der Waals surface area contributed by atoms with Crippen molar-refractivity contribution in [3.05, 3.63) is 25.3 Å². The average molecular weight is 573 g/mol. The fraction of sp³-hybridized carbons (Fsp3) is 0.788. The SMILES string of the molecule is C=CCCCCOC(=O)[C@@H]1[C@H]2C(=O)N(CCCCCCO)C(C(=O)N(CC=C)C3CCCCC3)C23CC(C)[C@@]1(C)O3. The predicted octanol–water partition coefficient (Wildman–Crippen LogP) is 4.80. The van der Waals surface area contributed by atoms with Crippen molar-refractivity contribution in [3.8, 4) is 0 Å². The summed E-state index contributed by atoms with van der Waals surface area (Å²) in [7, 11) is 0. The molecule has 8 heteroatoms. The number of aliphatic hydroxyl groups is 1. The molecule has 8 nitrogen and oxygen atoms in total. The highest BCUT2D eigenvalue weighted by Crippen LogP contribution is 2.65. The second-order valence-corrected chi connectivity index (χ2v) is 12.9. The van der Waals surface area contributed by atoms with E-state index >= 15 is 0 Å². The largest absolute Gasteiger partial charge is 0.465 e. The second-order valence-electron chi connectivity index (χ2n) is 12.9. The molecule has 2 amide bonds. The molecule has 4 fully saturated rings. The maximum absolute atomic E-state index is 14.7. The number of rotatable bonds is 16. The summed E-state index contributed by atoms with van der Waals surface area (Å²) >= 11 is 0. The van der Waals surface area contributed by atoms with E-state index in [0.717, 1.165) is 70.6 Å². The number of carbonyl (C=O) groups is 3. The van der Waals surface area contributed by atoms with Crippen molar-refractivity contribution in [1.82, 2.24) is 9.80 Å². The molecule has 3 heterocycles. The molecule has 1 aliphatic carbocycles. The maximum Gasteiger partial charge on any atom is 0.312 e. The number of aliphatic hydroxyl groups excluding tert-OH is 1. The minimum atomic E-state index is -1.05. The van der Waals surface area contributed by atoms with Crippen LogP contribution in [0.25, 0.3) is 0 Å². The Labute approximate surface area is 246 Å². The van der Waals surface area contributed by atoms with Gasteiger partial charge in [-0.05, 0) is 64.2 Å². The van der Waals surface area contributed by atoms with Crippen molar-refractivity contribution in [3.63, 3.8) is 0 Å². The molecule has 4 rings (SSSR count). The molecule has 3 aliphatic heterocycles. The van der Waals surface area contributed by atoms with Gasteiger partial charge in [0.15, 0.2) is 0 Å². The third-order valence-electron chi connectivity index (χ3n) is 10.3. The zero-order valence-electron chi connectivity index (χ0n) is 25.4. The summed E-state index contributed by atoms with van der Waals surface area (Å²) in [5, 5.41) is 9.20. The molecule has 6 atom stereocenters. The lowest BCUT2D eigenvalue weighted by Crippen LogP contribution is -2.58. The lowest BCUT2D eigenvalue weighted by molar-refractivity contribution is -0.162. The topological polar surface area (TPSA) is 96.4 Å². The van der Waals surface area contributed by atoms with Crippen molar-refractivity contribution in [2.45, 2.75) is 121 Å². The Morgan fingerprint density at radius 1 is 1.10 bits per heavy atom. The molecular weight excluding hydrogens is 520 g/mol. The average Bonchev–Trinajstić information content (AvgIpc) is 3.48. The van der Waals surface area contributed by atoms with Crippen LogP contribution in [0.2, 0.25) is 0 Å². The molecule has 1 spiro atoms. The minimum absolute atomic E-state index is 0.00722. The number of fused-ring (bicyclic) bond motifs is 1. The van der Waals surface area contributed by atoms with Crippen LogP contribution in [0, 0.1) is 17.8 Å².